The Morgan fingerprint density at radius 1 is 1.00 bits per heavy atom. The summed E-state index contributed by atoms with van der Waals surface area (Å²) < 4.78 is 87.3. The topological polar surface area (TPSA) is 26.3 Å². The molecule has 0 spiro atoms. The van der Waals surface area contributed by atoms with Crippen LogP contribution >= 0.6 is 0 Å². The maximum absolute atomic E-state index is 14.3. The molecule has 0 fully saturated rings. The van der Waals surface area contributed by atoms with Crippen molar-refractivity contribution < 1.29 is 35.9 Å². The molecular formula is C18H12F6O2. The first-order valence-electron chi connectivity index (χ1n) is 7.49. The summed E-state index contributed by atoms with van der Waals surface area (Å²) in [5.74, 6) is -8.69. The van der Waals surface area contributed by atoms with Gasteiger partial charge < -0.3 is 4.74 Å². The van der Waals surface area contributed by atoms with Crippen LogP contribution in [0.15, 0.2) is 30.3 Å². The van der Waals surface area contributed by atoms with Crippen LogP contribution in [0.1, 0.15) is 41.8 Å². The van der Waals surface area contributed by atoms with Crippen LogP contribution in [0.2, 0.25) is 0 Å². The number of hydrogen-bond donors (Lipinski definition) is 0. The minimum Gasteiger partial charge on any atom is -0.457 e. The highest BCUT2D eigenvalue weighted by atomic mass is 19.3. The molecule has 2 aromatic rings. The quantitative estimate of drug-likeness (QED) is 0.635. The maximum Gasteiger partial charge on any atom is 0.318 e. The molecule has 0 aliphatic heterocycles. The molecule has 0 atom stereocenters. The Hall–Kier alpha value is -2.51. The lowest BCUT2D eigenvalue weighted by Gasteiger charge is -2.26. The molecule has 0 unspecified atom stereocenters. The van der Waals surface area contributed by atoms with Gasteiger partial charge in [0.25, 0.3) is 6.43 Å². The summed E-state index contributed by atoms with van der Waals surface area (Å²) in [4.78, 5) is 12.1. The van der Waals surface area contributed by atoms with Crippen molar-refractivity contribution in [1.29, 1.82) is 0 Å². The van der Waals surface area contributed by atoms with Crippen LogP contribution in [0.25, 0.3) is 0 Å². The van der Waals surface area contributed by atoms with Gasteiger partial charge in [0, 0.05) is 23.8 Å². The van der Waals surface area contributed by atoms with Gasteiger partial charge in [-0.1, -0.05) is 6.07 Å². The lowest BCUT2D eigenvalue weighted by atomic mass is 9.83. The Morgan fingerprint density at radius 3 is 2.12 bits per heavy atom. The zero-order chi connectivity index (χ0) is 19.4. The monoisotopic (exact) mass is 374 g/mol. The lowest BCUT2D eigenvalue weighted by Crippen LogP contribution is -2.40. The summed E-state index contributed by atoms with van der Waals surface area (Å²) in [7, 11) is 0. The van der Waals surface area contributed by atoms with E-state index in [9.17, 15) is 31.1 Å². The number of alkyl halides is 4. The summed E-state index contributed by atoms with van der Waals surface area (Å²) in [6.45, 7) is 2.16. The standard InChI is InChI=1S/C18H12F6O2/c1-17(2)11-3-4-12(26-10-6-8(19)5-9(20)7-10)14(16(21)22)13(11)15(25)18(17,23)24/h3-7,16H,1-2H3. The number of fused-ring (bicyclic) bond motifs is 1. The predicted molar refractivity (Wildman–Crippen MR) is 80.1 cm³/mol. The van der Waals surface area contributed by atoms with Crippen LogP contribution in [0.3, 0.4) is 0 Å². The first-order valence-corrected chi connectivity index (χ1v) is 7.49. The van der Waals surface area contributed by atoms with Crippen molar-refractivity contribution >= 4 is 5.78 Å². The van der Waals surface area contributed by atoms with Crippen LogP contribution in [0.4, 0.5) is 26.3 Å². The molecular weight excluding hydrogens is 362 g/mol. The third-order valence-electron chi connectivity index (χ3n) is 4.46. The van der Waals surface area contributed by atoms with Crippen molar-refractivity contribution in [2.75, 3.05) is 0 Å². The van der Waals surface area contributed by atoms with Crippen molar-refractivity contribution in [3.63, 3.8) is 0 Å². The molecule has 0 heterocycles. The molecule has 138 valence electrons. The lowest BCUT2D eigenvalue weighted by molar-refractivity contribution is -0.0280. The number of ether oxygens (including phenoxy) is 1. The van der Waals surface area contributed by atoms with E-state index < -0.39 is 57.8 Å². The molecule has 2 nitrogen and oxygen atoms in total. The molecule has 26 heavy (non-hydrogen) atoms. The molecule has 2 aromatic carbocycles. The summed E-state index contributed by atoms with van der Waals surface area (Å²) in [5.41, 5.74) is -4.06. The fourth-order valence-electron chi connectivity index (χ4n) is 3.00. The Morgan fingerprint density at radius 2 is 1.58 bits per heavy atom. The fourth-order valence-corrected chi connectivity index (χ4v) is 3.00. The molecule has 0 radical (unpaired) electrons. The minimum absolute atomic E-state index is 0.236. The molecule has 0 bridgehead atoms. The highest BCUT2D eigenvalue weighted by Gasteiger charge is 2.62. The van der Waals surface area contributed by atoms with E-state index in [4.69, 9.17) is 4.74 Å². The predicted octanol–water partition coefficient (Wildman–Crippen LogP) is 5.80. The second-order valence-corrected chi connectivity index (χ2v) is 6.44. The summed E-state index contributed by atoms with van der Waals surface area (Å²) >= 11 is 0. The van der Waals surface area contributed by atoms with Gasteiger partial charge in [-0.25, -0.2) is 17.6 Å². The zero-order valence-corrected chi connectivity index (χ0v) is 13.5. The van der Waals surface area contributed by atoms with Crippen LogP contribution in [0.5, 0.6) is 11.5 Å². The summed E-state index contributed by atoms with van der Waals surface area (Å²) in [5, 5.41) is 0. The maximum atomic E-state index is 14.3. The van der Waals surface area contributed by atoms with E-state index in [-0.39, 0.29) is 5.56 Å². The van der Waals surface area contributed by atoms with Gasteiger partial charge in [0.1, 0.15) is 23.1 Å². The number of benzene rings is 2. The average molecular weight is 374 g/mol. The number of ketones is 1. The van der Waals surface area contributed by atoms with E-state index in [0.29, 0.717) is 6.07 Å². The fraction of sp³-hybridized carbons (Fsp3) is 0.278. The molecule has 1 aliphatic rings. The van der Waals surface area contributed by atoms with Crippen LogP contribution in [-0.2, 0) is 5.41 Å². The van der Waals surface area contributed by atoms with Crippen LogP contribution in [0, 0.1) is 11.6 Å². The first-order chi connectivity index (χ1) is 12.0. The van der Waals surface area contributed by atoms with Gasteiger partial charge in [-0.05, 0) is 25.5 Å². The number of halogens is 6. The van der Waals surface area contributed by atoms with Gasteiger partial charge in [0.05, 0.1) is 11.0 Å². The molecule has 8 heteroatoms. The van der Waals surface area contributed by atoms with Gasteiger partial charge in [-0.2, -0.15) is 8.78 Å². The van der Waals surface area contributed by atoms with E-state index >= 15 is 0 Å². The molecule has 0 amide bonds. The normalized spacial score (nSPS) is 17.5. The molecule has 0 saturated carbocycles. The second-order valence-electron chi connectivity index (χ2n) is 6.44. The van der Waals surface area contributed by atoms with E-state index in [1.165, 1.54) is 0 Å². The number of Topliss-reactive ketones (excluding diaryl/α,β-unsaturated/α-hetero) is 1. The number of carbonyl (C=O) groups excluding carboxylic acids is 1. The SMILES string of the molecule is CC1(C)c2ccc(Oc3cc(F)cc(F)c3)c(C(F)F)c2C(=O)C1(F)F. The highest BCUT2D eigenvalue weighted by Crippen LogP contribution is 2.53. The second kappa shape index (κ2) is 5.75. The summed E-state index contributed by atoms with van der Waals surface area (Å²) in [6.07, 6.45) is -3.31. The van der Waals surface area contributed by atoms with E-state index in [1.807, 2.05) is 0 Å². The summed E-state index contributed by atoms with van der Waals surface area (Å²) in [6, 6.07) is 4.11. The molecule has 1 aliphatic carbocycles. The van der Waals surface area contributed by atoms with Crippen molar-refractivity contribution in [2.45, 2.75) is 31.6 Å². The van der Waals surface area contributed by atoms with Gasteiger partial charge >= 0.3 is 5.92 Å². The molecule has 3 rings (SSSR count). The average Bonchev–Trinajstić information content (AvgIpc) is 2.64. The Balaban J connectivity index is 2.19. The van der Waals surface area contributed by atoms with E-state index in [1.54, 1.807) is 0 Å². The number of carbonyl (C=O) groups is 1. The van der Waals surface area contributed by atoms with Crippen LogP contribution < -0.4 is 4.74 Å². The largest absolute Gasteiger partial charge is 0.457 e. The zero-order valence-electron chi connectivity index (χ0n) is 13.5. The third kappa shape index (κ3) is 2.55. The molecule has 0 saturated heterocycles. The number of hydrogen-bond acceptors (Lipinski definition) is 2. The van der Waals surface area contributed by atoms with Gasteiger partial charge in [-0.15, -0.1) is 0 Å². The van der Waals surface area contributed by atoms with Crippen molar-refractivity contribution in [3.8, 4) is 11.5 Å². The Bertz CT molecular complexity index is 885. The van der Waals surface area contributed by atoms with Crippen LogP contribution in [-0.4, -0.2) is 11.7 Å². The van der Waals surface area contributed by atoms with Crippen molar-refractivity contribution in [1.82, 2.24) is 0 Å². The van der Waals surface area contributed by atoms with Gasteiger partial charge in [0.15, 0.2) is 0 Å². The Labute approximate surface area is 144 Å². The van der Waals surface area contributed by atoms with Gasteiger partial charge in [0.2, 0.25) is 5.78 Å². The Kier molecular flexibility index (Phi) is 4.05. The van der Waals surface area contributed by atoms with Crippen molar-refractivity contribution in [3.05, 3.63) is 58.7 Å². The highest BCUT2D eigenvalue weighted by molar-refractivity contribution is 6.09. The van der Waals surface area contributed by atoms with E-state index in [2.05, 4.69) is 0 Å². The third-order valence-corrected chi connectivity index (χ3v) is 4.46. The molecule has 0 N–H and O–H groups in total. The molecule has 0 aromatic heterocycles. The first kappa shape index (κ1) is 18.3. The number of rotatable bonds is 3. The smallest absolute Gasteiger partial charge is 0.318 e. The minimum atomic E-state index is -3.87. The van der Waals surface area contributed by atoms with Crippen molar-refractivity contribution in [2.24, 2.45) is 0 Å². The van der Waals surface area contributed by atoms with E-state index in [0.717, 1.165) is 38.1 Å². The van der Waals surface area contributed by atoms with Gasteiger partial charge in [-0.3, -0.25) is 4.79 Å².